The van der Waals surface area contributed by atoms with Crippen LogP contribution < -0.4 is 0 Å². The van der Waals surface area contributed by atoms with E-state index in [2.05, 4.69) is 33.8 Å². The second-order valence-electron chi connectivity index (χ2n) is 3.99. The minimum atomic E-state index is 0.120. The Kier molecular flexibility index (Phi) is 2.90. The monoisotopic (exact) mass is 256 g/mol. The summed E-state index contributed by atoms with van der Waals surface area (Å²) >= 11 is 1.70. The molecule has 1 aromatic carbocycles. The summed E-state index contributed by atoms with van der Waals surface area (Å²) in [5.74, 6) is 0.666. The Labute approximate surface area is 109 Å². The first-order valence-corrected chi connectivity index (χ1v) is 6.61. The van der Waals surface area contributed by atoms with E-state index >= 15 is 0 Å². The fourth-order valence-corrected chi connectivity index (χ4v) is 2.50. The van der Waals surface area contributed by atoms with Gasteiger partial charge in [-0.1, -0.05) is 36.4 Å². The third-order valence-corrected chi connectivity index (χ3v) is 3.80. The molecule has 0 saturated carbocycles. The lowest BCUT2D eigenvalue weighted by atomic mass is 10.2. The summed E-state index contributed by atoms with van der Waals surface area (Å²) in [6.07, 6.45) is 0. The van der Waals surface area contributed by atoms with Crippen molar-refractivity contribution in [3.05, 3.63) is 52.7 Å². The van der Waals surface area contributed by atoms with Gasteiger partial charge in [0.05, 0.1) is 0 Å². The molecule has 0 spiro atoms. The predicted molar refractivity (Wildman–Crippen MR) is 71.4 cm³/mol. The zero-order valence-corrected chi connectivity index (χ0v) is 10.7. The molecule has 0 radical (unpaired) electrons. The van der Waals surface area contributed by atoms with Crippen molar-refractivity contribution in [3.8, 4) is 11.4 Å². The minimum absolute atomic E-state index is 0.120. The van der Waals surface area contributed by atoms with Gasteiger partial charge >= 0.3 is 0 Å². The quantitative estimate of drug-likeness (QED) is 0.723. The molecule has 1 atom stereocenters. The molecule has 0 amide bonds. The number of thiophene rings is 1. The largest absolute Gasteiger partial charge is 0.204 e. The van der Waals surface area contributed by atoms with Gasteiger partial charge in [0, 0.05) is 10.4 Å². The molecular weight excluding hydrogens is 244 g/mol. The highest BCUT2D eigenvalue weighted by Crippen LogP contribution is 2.22. The smallest absolute Gasteiger partial charge is 0.156 e. The van der Waals surface area contributed by atoms with Gasteiger partial charge in [-0.25, -0.2) is 0 Å². The third-order valence-electron chi connectivity index (χ3n) is 2.76. The van der Waals surface area contributed by atoms with E-state index in [0.29, 0.717) is 5.82 Å². The van der Waals surface area contributed by atoms with E-state index in [4.69, 9.17) is 0 Å². The van der Waals surface area contributed by atoms with Gasteiger partial charge in [0.15, 0.2) is 0 Å². The van der Waals surface area contributed by atoms with Crippen molar-refractivity contribution in [1.82, 2.24) is 20.2 Å². The van der Waals surface area contributed by atoms with Gasteiger partial charge in [0.1, 0.15) is 6.04 Å². The molecule has 18 heavy (non-hydrogen) atoms. The van der Waals surface area contributed by atoms with Crippen LogP contribution in [0.25, 0.3) is 11.4 Å². The van der Waals surface area contributed by atoms with Crippen molar-refractivity contribution in [2.75, 3.05) is 0 Å². The predicted octanol–water partition coefficient (Wildman–Crippen LogP) is 3.01. The fourth-order valence-electron chi connectivity index (χ4n) is 1.73. The summed E-state index contributed by atoms with van der Waals surface area (Å²) in [6, 6.07) is 14.1. The summed E-state index contributed by atoms with van der Waals surface area (Å²) in [5, 5.41) is 14.7. The number of hydrogen-bond donors (Lipinski definition) is 0. The Hall–Kier alpha value is -2.01. The highest BCUT2D eigenvalue weighted by Gasteiger charge is 2.13. The van der Waals surface area contributed by atoms with Crippen LogP contribution >= 0.6 is 11.3 Å². The van der Waals surface area contributed by atoms with Crippen LogP contribution in [0.5, 0.6) is 0 Å². The first-order chi connectivity index (χ1) is 8.84. The van der Waals surface area contributed by atoms with E-state index in [1.54, 1.807) is 16.1 Å². The Morgan fingerprint density at radius 1 is 1.11 bits per heavy atom. The lowest BCUT2D eigenvalue weighted by molar-refractivity contribution is 0.486. The van der Waals surface area contributed by atoms with Crippen LogP contribution in [0.3, 0.4) is 0 Å². The Bertz CT molecular complexity index is 616. The number of nitrogens with zero attached hydrogens (tertiary/aromatic N) is 4. The molecule has 2 aromatic heterocycles. The van der Waals surface area contributed by atoms with Crippen LogP contribution in [0.1, 0.15) is 17.8 Å². The number of benzene rings is 1. The van der Waals surface area contributed by atoms with Crippen LogP contribution in [0, 0.1) is 0 Å². The molecule has 0 bridgehead atoms. The van der Waals surface area contributed by atoms with Crippen LogP contribution in [0.4, 0.5) is 0 Å². The minimum Gasteiger partial charge on any atom is -0.156 e. The van der Waals surface area contributed by atoms with E-state index in [1.807, 2.05) is 36.4 Å². The van der Waals surface area contributed by atoms with Crippen molar-refractivity contribution in [1.29, 1.82) is 0 Å². The molecule has 5 heteroatoms. The second-order valence-corrected chi connectivity index (χ2v) is 4.97. The SMILES string of the molecule is CC(c1cccs1)n1nnc(-c2ccccc2)n1. The van der Waals surface area contributed by atoms with E-state index in [9.17, 15) is 0 Å². The Morgan fingerprint density at radius 3 is 2.67 bits per heavy atom. The lowest BCUT2D eigenvalue weighted by Gasteiger charge is -2.05. The third kappa shape index (κ3) is 2.04. The molecule has 0 aliphatic carbocycles. The maximum Gasteiger partial charge on any atom is 0.204 e. The topological polar surface area (TPSA) is 43.6 Å². The van der Waals surface area contributed by atoms with E-state index in [0.717, 1.165) is 5.56 Å². The fraction of sp³-hybridized carbons (Fsp3) is 0.154. The van der Waals surface area contributed by atoms with Crippen LogP contribution in [-0.2, 0) is 0 Å². The molecule has 0 saturated heterocycles. The first kappa shape index (κ1) is 11.1. The molecule has 2 heterocycles. The molecule has 3 aromatic rings. The highest BCUT2D eigenvalue weighted by atomic mass is 32.1. The molecule has 0 aliphatic heterocycles. The first-order valence-electron chi connectivity index (χ1n) is 5.73. The Balaban J connectivity index is 1.90. The van der Waals surface area contributed by atoms with Crippen LogP contribution in [0.15, 0.2) is 47.8 Å². The van der Waals surface area contributed by atoms with Gasteiger partial charge < -0.3 is 0 Å². The van der Waals surface area contributed by atoms with E-state index in [-0.39, 0.29) is 6.04 Å². The average molecular weight is 256 g/mol. The normalized spacial score (nSPS) is 12.5. The number of rotatable bonds is 3. The van der Waals surface area contributed by atoms with Gasteiger partial charge in [-0.05, 0) is 23.6 Å². The van der Waals surface area contributed by atoms with Crippen molar-refractivity contribution >= 4 is 11.3 Å². The van der Waals surface area contributed by atoms with Gasteiger partial charge in [0.2, 0.25) is 5.82 Å². The van der Waals surface area contributed by atoms with Gasteiger partial charge in [-0.3, -0.25) is 0 Å². The number of tetrazole rings is 1. The molecule has 3 rings (SSSR count). The van der Waals surface area contributed by atoms with Crippen LogP contribution in [-0.4, -0.2) is 20.2 Å². The Morgan fingerprint density at radius 2 is 1.94 bits per heavy atom. The molecule has 0 fully saturated rings. The standard InChI is InChI=1S/C13H12N4S/c1-10(12-8-5-9-18-12)17-15-13(14-16-17)11-6-3-2-4-7-11/h2-10H,1H3. The summed E-state index contributed by atoms with van der Waals surface area (Å²) < 4.78 is 0. The molecule has 0 N–H and O–H groups in total. The number of hydrogen-bond acceptors (Lipinski definition) is 4. The maximum atomic E-state index is 4.44. The summed E-state index contributed by atoms with van der Waals surface area (Å²) in [6.45, 7) is 2.07. The molecule has 0 aliphatic rings. The van der Waals surface area contributed by atoms with Gasteiger partial charge in [-0.15, -0.1) is 21.5 Å². The molecule has 90 valence electrons. The summed E-state index contributed by atoms with van der Waals surface area (Å²) in [7, 11) is 0. The van der Waals surface area contributed by atoms with Crippen LogP contribution in [0.2, 0.25) is 0 Å². The summed E-state index contributed by atoms with van der Waals surface area (Å²) in [4.78, 5) is 2.89. The average Bonchev–Trinajstić information content (AvgIpc) is 3.10. The molecule has 4 nitrogen and oxygen atoms in total. The highest BCUT2D eigenvalue weighted by molar-refractivity contribution is 7.10. The molecular formula is C13H12N4S. The van der Waals surface area contributed by atoms with Gasteiger partial charge in [0.25, 0.3) is 0 Å². The van der Waals surface area contributed by atoms with Gasteiger partial charge in [-0.2, -0.15) is 4.80 Å². The van der Waals surface area contributed by atoms with E-state index in [1.165, 1.54) is 4.88 Å². The summed E-state index contributed by atoms with van der Waals surface area (Å²) in [5.41, 5.74) is 0.988. The van der Waals surface area contributed by atoms with Crippen molar-refractivity contribution < 1.29 is 0 Å². The van der Waals surface area contributed by atoms with Crippen molar-refractivity contribution in [2.24, 2.45) is 0 Å². The zero-order chi connectivity index (χ0) is 12.4. The van der Waals surface area contributed by atoms with E-state index < -0.39 is 0 Å². The number of aromatic nitrogens is 4. The zero-order valence-electron chi connectivity index (χ0n) is 9.89. The molecule has 1 unspecified atom stereocenters. The van der Waals surface area contributed by atoms with Crippen molar-refractivity contribution in [2.45, 2.75) is 13.0 Å². The maximum absolute atomic E-state index is 4.44. The second kappa shape index (κ2) is 4.70. The lowest BCUT2D eigenvalue weighted by Crippen LogP contribution is -2.09. The van der Waals surface area contributed by atoms with Crippen molar-refractivity contribution in [3.63, 3.8) is 0 Å².